The summed E-state index contributed by atoms with van der Waals surface area (Å²) in [6.07, 6.45) is 3.98. The van der Waals surface area contributed by atoms with E-state index in [4.69, 9.17) is 5.73 Å². The van der Waals surface area contributed by atoms with Gasteiger partial charge in [-0.1, -0.05) is 13.8 Å². The summed E-state index contributed by atoms with van der Waals surface area (Å²) in [6.45, 7) is 6.68. The Hall–Kier alpha value is -0.0800. The fourth-order valence-corrected chi connectivity index (χ4v) is 1.23. The molecule has 0 amide bonds. The number of hydrogen-bond acceptors (Lipinski definition) is 2. The van der Waals surface area contributed by atoms with Crippen molar-refractivity contribution in [2.75, 3.05) is 13.1 Å². The zero-order chi connectivity index (χ0) is 8.97. The molecule has 0 aliphatic heterocycles. The van der Waals surface area contributed by atoms with E-state index in [0.29, 0.717) is 12.0 Å². The fourth-order valence-electron chi connectivity index (χ4n) is 1.23. The van der Waals surface area contributed by atoms with Gasteiger partial charge in [0.1, 0.15) is 0 Å². The predicted octanol–water partition coefficient (Wildman–Crippen LogP) is 1.36. The average molecular weight is 170 g/mol. The number of nitrogens with one attached hydrogen (secondary N) is 1. The Balaban J connectivity index is 1.86. The van der Waals surface area contributed by atoms with E-state index in [1.165, 1.54) is 19.4 Å². The van der Waals surface area contributed by atoms with E-state index in [1.54, 1.807) is 0 Å². The average Bonchev–Trinajstić information content (AvgIpc) is 2.80. The number of rotatable bonds is 6. The van der Waals surface area contributed by atoms with Crippen molar-refractivity contribution in [1.82, 2.24) is 5.32 Å². The van der Waals surface area contributed by atoms with Crippen molar-refractivity contribution < 1.29 is 0 Å². The molecule has 0 heterocycles. The molecule has 0 aromatic carbocycles. The molecule has 0 aromatic heterocycles. The first-order chi connectivity index (χ1) is 5.70. The molecule has 1 saturated carbocycles. The van der Waals surface area contributed by atoms with Crippen LogP contribution >= 0.6 is 0 Å². The van der Waals surface area contributed by atoms with E-state index in [-0.39, 0.29) is 0 Å². The molecular weight excluding hydrogens is 148 g/mol. The first-order valence-electron chi connectivity index (χ1n) is 5.16. The molecule has 1 rings (SSSR count). The minimum absolute atomic E-state index is 0.372. The van der Waals surface area contributed by atoms with Gasteiger partial charge in [0.15, 0.2) is 0 Å². The van der Waals surface area contributed by atoms with Crippen LogP contribution in [0.15, 0.2) is 0 Å². The van der Waals surface area contributed by atoms with Gasteiger partial charge >= 0.3 is 0 Å². The molecule has 0 spiro atoms. The van der Waals surface area contributed by atoms with E-state index in [0.717, 1.165) is 18.9 Å². The highest BCUT2D eigenvalue weighted by atomic mass is 14.9. The number of hydrogen-bond donors (Lipinski definition) is 2. The lowest BCUT2D eigenvalue weighted by Crippen LogP contribution is -2.31. The summed E-state index contributed by atoms with van der Waals surface area (Å²) in [5.74, 6) is 1.60. The summed E-state index contributed by atoms with van der Waals surface area (Å²) in [6, 6.07) is 0.372. The van der Waals surface area contributed by atoms with E-state index in [1.807, 2.05) is 0 Å². The Morgan fingerprint density at radius 1 is 1.42 bits per heavy atom. The van der Waals surface area contributed by atoms with Crippen molar-refractivity contribution in [2.45, 2.75) is 39.2 Å². The highest BCUT2D eigenvalue weighted by Gasteiger charge is 2.20. The fraction of sp³-hybridized carbons (Fsp3) is 1.00. The lowest BCUT2D eigenvalue weighted by Gasteiger charge is -2.15. The summed E-state index contributed by atoms with van der Waals surface area (Å²) >= 11 is 0. The maximum Gasteiger partial charge on any atom is 0.00739 e. The molecule has 0 radical (unpaired) electrons. The molecule has 1 atom stereocenters. The summed E-state index contributed by atoms with van der Waals surface area (Å²) in [5.41, 5.74) is 5.91. The third kappa shape index (κ3) is 4.07. The minimum Gasteiger partial charge on any atom is -0.327 e. The Morgan fingerprint density at radius 2 is 2.08 bits per heavy atom. The maximum atomic E-state index is 5.91. The largest absolute Gasteiger partial charge is 0.327 e. The zero-order valence-corrected chi connectivity index (χ0v) is 8.34. The van der Waals surface area contributed by atoms with Gasteiger partial charge in [0.05, 0.1) is 0 Å². The lowest BCUT2D eigenvalue weighted by atomic mass is 10.0. The van der Waals surface area contributed by atoms with Crippen molar-refractivity contribution in [3.05, 3.63) is 0 Å². The molecule has 72 valence electrons. The summed E-state index contributed by atoms with van der Waals surface area (Å²) in [7, 11) is 0. The highest BCUT2D eigenvalue weighted by Crippen LogP contribution is 2.27. The molecule has 1 aliphatic rings. The van der Waals surface area contributed by atoms with Gasteiger partial charge in [-0.15, -0.1) is 0 Å². The molecule has 1 aliphatic carbocycles. The van der Waals surface area contributed by atoms with E-state index in [9.17, 15) is 0 Å². The van der Waals surface area contributed by atoms with Gasteiger partial charge in [0.25, 0.3) is 0 Å². The second-order valence-corrected chi connectivity index (χ2v) is 4.34. The van der Waals surface area contributed by atoms with E-state index in [2.05, 4.69) is 19.2 Å². The normalized spacial score (nSPS) is 20.0. The molecule has 1 unspecified atom stereocenters. The van der Waals surface area contributed by atoms with Crippen molar-refractivity contribution in [3.8, 4) is 0 Å². The van der Waals surface area contributed by atoms with Crippen LogP contribution in [0, 0.1) is 11.8 Å². The Morgan fingerprint density at radius 3 is 2.58 bits per heavy atom. The van der Waals surface area contributed by atoms with Gasteiger partial charge in [-0.05, 0) is 44.2 Å². The monoisotopic (exact) mass is 170 g/mol. The molecule has 0 saturated heterocycles. The third-order valence-electron chi connectivity index (χ3n) is 2.64. The second kappa shape index (κ2) is 4.83. The third-order valence-corrected chi connectivity index (χ3v) is 2.64. The molecular formula is C10H22N2. The topological polar surface area (TPSA) is 38.0 Å². The van der Waals surface area contributed by atoms with Gasteiger partial charge in [-0.2, -0.15) is 0 Å². The Labute approximate surface area is 75.9 Å². The summed E-state index contributed by atoms with van der Waals surface area (Å²) in [5, 5.41) is 3.45. The van der Waals surface area contributed by atoms with Gasteiger partial charge in [-0.3, -0.25) is 0 Å². The van der Waals surface area contributed by atoms with Crippen molar-refractivity contribution in [2.24, 2.45) is 17.6 Å². The van der Waals surface area contributed by atoms with Crippen LogP contribution in [-0.2, 0) is 0 Å². The lowest BCUT2D eigenvalue weighted by molar-refractivity contribution is 0.447. The van der Waals surface area contributed by atoms with Crippen LogP contribution < -0.4 is 11.1 Å². The van der Waals surface area contributed by atoms with E-state index >= 15 is 0 Å². The van der Waals surface area contributed by atoms with Crippen molar-refractivity contribution >= 4 is 0 Å². The van der Waals surface area contributed by atoms with Gasteiger partial charge in [0.2, 0.25) is 0 Å². The number of nitrogens with two attached hydrogens (primary N) is 1. The van der Waals surface area contributed by atoms with Crippen LogP contribution in [0.5, 0.6) is 0 Å². The smallest absolute Gasteiger partial charge is 0.00739 e. The second-order valence-electron chi connectivity index (χ2n) is 4.34. The quantitative estimate of drug-likeness (QED) is 0.591. The standard InChI is InChI=1S/C10H22N2/c1-8(2)10(11)5-6-12-7-9-3-4-9/h8-10,12H,3-7,11H2,1-2H3. The SMILES string of the molecule is CC(C)C(N)CCNCC1CC1. The van der Waals surface area contributed by atoms with Gasteiger partial charge in [0, 0.05) is 6.04 Å². The molecule has 3 N–H and O–H groups in total. The first-order valence-corrected chi connectivity index (χ1v) is 5.16. The van der Waals surface area contributed by atoms with Crippen LogP contribution in [0.25, 0.3) is 0 Å². The first kappa shape index (κ1) is 10.0. The van der Waals surface area contributed by atoms with Gasteiger partial charge in [-0.25, -0.2) is 0 Å². The van der Waals surface area contributed by atoms with Crippen LogP contribution in [0.3, 0.4) is 0 Å². The van der Waals surface area contributed by atoms with Crippen LogP contribution in [-0.4, -0.2) is 19.1 Å². The molecule has 1 fully saturated rings. The Kier molecular flexibility index (Phi) is 4.02. The molecule has 2 nitrogen and oxygen atoms in total. The van der Waals surface area contributed by atoms with Crippen LogP contribution in [0.4, 0.5) is 0 Å². The predicted molar refractivity (Wildman–Crippen MR) is 53.0 cm³/mol. The minimum atomic E-state index is 0.372. The van der Waals surface area contributed by atoms with Gasteiger partial charge < -0.3 is 11.1 Å². The van der Waals surface area contributed by atoms with Crippen LogP contribution in [0.1, 0.15) is 33.1 Å². The maximum absolute atomic E-state index is 5.91. The molecule has 12 heavy (non-hydrogen) atoms. The molecule has 2 heteroatoms. The molecule has 0 aromatic rings. The van der Waals surface area contributed by atoms with Crippen molar-refractivity contribution in [1.29, 1.82) is 0 Å². The summed E-state index contributed by atoms with van der Waals surface area (Å²) < 4.78 is 0. The highest BCUT2D eigenvalue weighted by molar-refractivity contribution is 4.75. The summed E-state index contributed by atoms with van der Waals surface area (Å²) in [4.78, 5) is 0. The van der Waals surface area contributed by atoms with Crippen molar-refractivity contribution in [3.63, 3.8) is 0 Å². The zero-order valence-electron chi connectivity index (χ0n) is 8.34. The Bertz CT molecular complexity index is 119. The van der Waals surface area contributed by atoms with E-state index < -0.39 is 0 Å². The van der Waals surface area contributed by atoms with Crippen LogP contribution in [0.2, 0.25) is 0 Å². The molecule has 0 bridgehead atoms.